The van der Waals surface area contributed by atoms with Gasteiger partial charge >= 0.3 is 152 Å². The van der Waals surface area contributed by atoms with Crippen LogP contribution < -0.4 is 17.4 Å². The van der Waals surface area contributed by atoms with E-state index in [4.69, 9.17) is 10.2 Å². The van der Waals surface area contributed by atoms with Crippen LogP contribution >= 0.6 is 0 Å². The van der Waals surface area contributed by atoms with Crippen molar-refractivity contribution >= 4 is 37.0 Å². The summed E-state index contributed by atoms with van der Waals surface area (Å²) >= 11 is -2.77. The van der Waals surface area contributed by atoms with Gasteiger partial charge in [-0.25, -0.2) is 0 Å². The van der Waals surface area contributed by atoms with Crippen molar-refractivity contribution in [1.29, 1.82) is 0 Å². The fourth-order valence-corrected chi connectivity index (χ4v) is 12.5. The van der Waals surface area contributed by atoms with Crippen LogP contribution in [0.1, 0.15) is 0 Å². The molecule has 0 radical (unpaired) electrons. The molecule has 136 valence electrons. The number of nitrogens with zero attached hydrogens (tertiary/aromatic N) is 1. The first-order valence-electron chi connectivity index (χ1n) is 8.96. The van der Waals surface area contributed by atoms with Gasteiger partial charge in [0.05, 0.1) is 0 Å². The molecule has 0 heterocycles. The van der Waals surface area contributed by atoms with Gasteiger partial charge in [-0.05, 0) is 6.08 Å². The Balaban J connectivity index is 0.000000706. The molecule has 0 bridgehead atoms. The Kier molecular flexibility index (Phi) is 6.76. The van der Waals surface area contributed by atoms with E-state index in [0.29, 0.717) is 6.08 Å². The molecular formula is C25H20AsNO. The van der Waals surface area contributed by atoms with E-state index in [9.17, 15) is 0 Å². The molecule has 28 heavy (non-hydrogen) atoms. The monoisotopic (exact) mass is 425 g/mol. The molecule has 0 aromatic heterocycles. The Hall–Kier alpha value is -3.18. The minimum absolute atomic E-state index is 0.500. The van der Waals surface area contributed by atoms with Crippen molar-refractivity contribution < 1.29 is 4.79 Å². The number of hydrogen-bond donors (Lipinski definition) is 0. The van der Waals surface area contributed by atoms with Crippen molar-refractivity contribution in [3.63, 3.8) is 0 Å². The standard InChI is InChI=1S/C24H20As.CNO/c1-5-13-21(14-6-1)25(22-15-7-2-8-16-22,23-17-9-3-10-18-23)24-19-11-4-12-20-24;2-1-3/h1-20H;/q+1;-1. The Labute approximate surface area is 168 Å². The zero-order valence-corrected chi connectivity index (χ0v) is 17.2. The molecule has 0 N–H and O–H groups in total. The summed E-state index contributed by atoms with van der Waals surface area (Å²) in [6.07, 6.45) is 0.500. The summed E-state index contributed by atoms with van der Waals surface area (Å²) in [6.45, 7) is 0. The minimum atomic E-state index is -2.77. The van der Waals surface area contributed by atoms with E-state index in [2.05, 4.69) is 121 Å². The van der Waals surface area contributed by atoms with Gasteiger partial charge in [-0.2, -0.15) is 0 Å². The molecule has 0 amide bonds. The topological polar surface area (TPSA) is 39.4 Å². The quantitative estimate of drug-likeness (QED) is 0.282. The maximum absolute atomic E-state index is 8.24. The van der Waals surface area contributed by atoms with Crippen LogP contribution in [0.15, 0.2) is 121 Å². The van der Waals surface area contributed by atoms with Crippen LogP contribution in [-0.2, 0) is 4.79 Å². The van der Waals surface area contributed by atoms with Crippen LogP contribution in [0.2, 0.25) is 0 Å². The molecule has 2 nitrogen and oxygen atoms in total. The average Bonchev–Trinajstić information content (AvgIpc) is 2.78. The summed E-state index contributed by atoms with van der Waals surface area (Å²) in [5.74, 6) is 0. The van der Waals surface area contributed by atoms with E-state index in [1.807, 2.05) is 0 Å². The molecule has 4 rings (SSSR count). The van der Waals surface area contributed by atoms with Crippen molar-refractivity contribution in [2.75, 3.05) is 0 Å². The molecule has 0 aliphatic rings. The van der Waals surface area contributed by atoms with Gasteiger partial charge in [-0.15, -0.1) is 0 Å². The zero-order chi connectivity index (χ0) is 19.7. The molecule has 0 spiro atoms. The van der Waals surface area contributed by atoms with E-state index in [1.165, 1.54) is 17.4 Å². The number of isocyanates is 1. The van der Waals surface area contributed by atoms with Crippen LogP contribution in [-0.4, -0.2) is 19.6 Å². The van der Waals surface area contributed by atoms with E-state index in [1.54, 1.807) is 0 Å². The fraction of sp³-hybridized carbons (Fsp3) is 0. The second kappa shape index (κ2) is 9.67. The Morgan fingerprint density at radius 3 is 0.821 bits per heavy atom. The van der Waals surface area contributed by atoms with Crippen LogP contribution in [0.4, 0.5) is 0 Å². The third kappa shape index (κ3) is 3.89. The molecular weight excluding hydrogens is 405 g/mol. The Morgan fingerprint density at radius 1 is 0.464 bits per heavy atom. The molecule has 0 unspecified atom stereocenters. The predicted octanol–water partition coefficient (Wildman–Crippen LogP) is 2.96. The second-order valence-corrected chi connectivity index (χ2v) is 13.3. The fourth-order valence-electron chi connectivity index (χ4n) is 3.50. The van der Waals surface area contributed by atoms with Gasteiger partial charge in [0.2, 0.25) is 0 Å². The van der Waals surface area contributed by atoms with E-state index in [-0.39, 0.29) is 0 Å². The summed E-state index contributed by atoms with van der Waals surface area (Å²) in [5.41, 5.74) is 0. The van der Waals surface area contributed by atoms with Crippen molar-refractivity contribution in [3.8, 4) is 0 Å². The summed E-state index contributed by atoms with van der Waals surface area (Å²) in [7, 11) is 0. The van der Waals surface area contributed by atoms with Gasteiger partial charge in [0.25, 0.3) is 0 Å². The molecule has 0 fully saturated rings. The van der Waals surface area contributed by atoms with Crippen LogP contribution in [0, 0.1) is 0 Å². The maximum atomic E-state index is 8.24. The summed E-state index contributed by atoms with van der Waals surface area (Å²) < 4.78 is 5.79. The van der Waals surface area contributed by atoms with E-state index < -0.39 is 13.6 Å². The van der Waals surface area contributed by atoms with Crippen molar-refractivity contribution in [3.05, 3.63) is 127 Å². The van der Waals surface area contributed by atoms with Gasteiger partial charge in [-0.1, -0.05) is 0 Å². The SMILES string of the molecule is [N-]=C=O.c1ccc([As+](c2ccccc2)(c2ccccc2)c2ccccc2)cc1. The number of carbonyl (C=O) groups excluding carboxylic acids is 1. The first kappa shape index (κ1) is 19.6. The van der Waals surface area contributed by atoms with Gasteiger partial charge in [-0.3, -0.25) is 4.79 Å². The summed E-state index contributed by atoms with van der Waals surface area (Å²) in [5, 5.41) is 6.76. The molecule has 0 aliphatic heterocycles. The Morgan fingerprint density at radius 2 is 0.643 bits per heavy atom. The van der Waals surface area contributed by atoms with E-state index >= 15 is 0 Å². The second-order valence-electron chi connectivity index (χ2n) is 6.10. The van der Waals surface area contributed by atoms with Gasteiger partial charge < -0.3 is 5.41 Å². The van der Waals surface area contributed by atoms with Gasteiger partial charge in [0.15, 0.2) is 0 Å². The zero-order valence-electron chi connectivity index (χ0n) is 15.3. The molecule has 0 atom stereocenters. The van der Waals surface area contributed by atoms with E-state index in [0.717, 1.165) is 0 Å². The van der Waals surface area contributed by atoms with Crippen molar-refractivity contribution in [2.45, 2.75) is 0 Å². The summed E-state index contributed by atoms with van der Waals surface area (Å²) in [4.78, 5) is 8.24. The first-order chi connectivity index (χ1) is 13.8. The average molecular weight is 425 g/mol. The number of hydrogen-bond acceptors (Lipinski definition) is 1. The number of benzene rings is 4. The molecule has 4 aromatic rings. The molecule has 3 heteroatoms. The molecule has 0 aliphatic carbocycles. The van der Waals surface area contributed by atoms with Gasteiger partial charge in [0, 0.05) is 0 Å². The predicted molar refractivity (Wildman–Crippen MR) is 119 cm³/mol. The number of rotatable bonds is 4. The Bertz CT molecular complexity index is 850. The molecule has 4 aromatic carbocycles. The van der Waals surface area contributed by atoms with Crippen LogP contribution in [0.3, 0.4) is 0 Å². The van der Waals surface area contributed by atoms with Crippen molar-refractivity contribution in [1.82, 2.24) is 0 Å². The van der Waals surface area contributed by atoms with Crippen LogP contribution in [0.5, 0.6) is 0 Å². The molecule has 0 saturated heterocycles. The first-order valence-corrected chi connectivity index (χ1v) is 12.7. The third-order valence-corrected chi connectivity index (χ3v) is 13.6. The summed E-state index contributed by atoms with van der Waals surface area (Å²) in [6, 6.07) is 44.2. The molecule has 0 saturated carbocycles. The van der Waals surface area contributed by atoms with Gasteiger partial charge in [0.1, 0.15) is 0 Å². The van der Waals surface area contributed by atoms with Crippen LogP contribution in [0.25, 0.3) is 5.41 Å². The normalized spacial score (nSPS) is 10.3. The third-order valence-electron chi connectivity index (χ3n) is 4.57. The van der Waals surface area contributed by atoms with Crippen molar-refractivity contribution in [2.24, 2.45) is 0 Å².